The molecule has 9 heteroatoms. The van der Waals surface area contributed by atoms with Crippen molar-refractivity contribution in [1.82, 2.24) is 10.2 Å². The van der Waals surface area contributed by atoms with Crippen LogP contribution >= 0.6 is 47.8 Å². The van der Waals surface area contributed by atoms with Gasteiger partial charge in [0, 0.05) is 31.1 Å². The van der Waals surface area contributed by atoms with Crippen LogP contribution in [-0.2, 0) is 6.18 Å². The predicted octanol–water partition coefficient (Wildman–Crippen LogP) is 5.26. The normalized spacial score (nSPS) is 16.6. The summed E-state index contributed by atoms with van der Waals surface area (Å²) in [6.07, 6.45) is -4.45. The van der Waals surface area contributed by atoms with Crippen molar-refractivity contribution in [1.29, 1.82) is 0 Å². The molecule has 1 aliphatic heterocycles. The average molecular weight is 434 g/mol. The van der Waals surface area contributed by atoms with Gasteiger partial charge in [0.1, 0.15) is 0 Å². The second-order valence-corrected chi connectivity index (χ2v) is 6.83. The van der Waals surface area contributed by atoms with E-state index in [4.69, 9.17) is 11.6 Å². The van der Waals surface area contributed by atoms with E-state index in [9.17, 15) is 13.2 Å². The number of halogens is 6. The molecule has 1 fully saturated rings. The van der Waals surface area contributed by atoms with Crippen molar-refractivity contribution >= 4 is 47.8 Å². The van der Waals surface area contributed by atoms with E-state index in [1.165, 1.54) is 12.1 Å². The third-order valence-corrected chi connectivity index (χ3v) is 5.20. The van der Waals surface area contributed by atoms with Crippen molar-refractivity contribution in [3.8, 4) is 0 Å². The lowest BCUT2D eigenvalue weighted by atomic mass is 10.00. The summed E-state index contributed by atoms with van der Waals surface area (Å²) < 4.78 is 39.5. The molecule has 2 nitrogen and oxygen atoms in total. The van der Waals surface area contributed by atoms with Gasteiger partial charge in [-0.25, -0.2) is 0 Å². The molecule has 0 amide bonds. The molecule has 1 atom stereocenters. The molecule has 1 aliphatic rings. The smallest absolute Gasteiger partial charge is 0.314 e. The lowest BCUT2D eigenvalue weighted by Gasteiger charge is -2.35. The van der Waals surface area contributed by atoms with Gasteiger partial charge in [-0.2, -0.15) is 13.2 Å². The molecule has 1 aromatic carbocycles. The summed E-state index contributed by atoms with van der Waals surface area (Å²) in [5, 5.41) is 4.96. The Morgan fingerprint density at radius 1 is 1.12 bits per heavy atom. The first-order valence-corrected chi connectivity index (χ1v) is 8.57. The van der Waals surface area contributed by atoms with E-state index in [0.29, 0.717) is 5.56 Å². The minimum Gasteiger partial charge on any atom is -0.314 e. The first-order valence-electron chi connectivity index (χ1n) is 7.31. The van der Waals surface area contributed by atoms with Crippen LogP contribution in [0, 0.1) is 0 Å². The second-order valence-electron chi connectivity index (χ2n) is 5.44. The van der Waals surface area contributed by atoms with Gasteiger partial charge < -0.3 is 5.32 Å². The minimum absolute atomic E-state index is 0. The number of hydrogen-bond acceptors (Lipinski definition) is 3. The van der Waals surface area contributed by atoms with E-state index in [-0.39, 0.29) is 35.9 Å². The Morgan fingerprint density at radius 3 is 2.36 bits per heavy atom. The van der Waals surface area contributed by atoms with Crippen LogP contribution in [0.15, 0.2) is 35.7 Å². The minimum atomic E-state index is -4.45. The predicted molar refractivity (Wildman–Crippen MR) is 102 cm³/mol. The third kappa shape index (κ3) is 5.25. The molecule has 0 spiro atoms. The number of rotatable bonds is 3. The van der Waals surface area contributed by atoms with E-state index in [2.05, 4.69) is 10.2 Å². The molecule has 0 bridgehead atoms. The summed E-state index contributed by atoms with van der Waals surface area (Å²) in [7, 11) is 0. The maximum Gasteiger partial charge on any atom is 0.417 e. The highest BCUT2D eigenvalue weighted by Crippen LogP contribution is 2.39. The molecule has 0 saturated carbocycles. The zero-order valence-electron chi connectivity index (χ0n) is 13.1. The van der Waals surface area contributed by atoms with Gasteiger partial charge >= 0.3 is 6.18 Å². The highest BCUT2D eigenvalue weighted by atomic mass is 35.5. The largest absolute Gasteiger partial charge is 0.417 e. The first kappa shape index (κ1) is 22.5. The summed E-state index contributed by atoms with van der Waals surface area (Å²) in [4.78, 5) is 3.26. The van der Waals surface area contributed by atoms with Gasteiger partial charge in [0.2, 0.25) is 0 Å². The Labute approximate surface area is 166 Å². The van der Waals surface area contributed by atoms with E-state index < -0.39 is 11.7 Å². The van der Waals surface area contributed by atoms with E-state index in [0.717, 1.165) is 31.1 Å². The highest BCUT2D eigenvalue weighted by molar-refractivity contribution is 7.10. The Hall–Kier alpha value is -0.500. The van der Waals surface area contributed by atoms with Gasteiger partial charge in [-0.3, -0.25) is 4.90 Å². The molecule has 0 unspecified atom stereocenters. The topological polar surface area (TPSA) is 15.3 Å². The van der Waals surface area contributed by atoms with Crippen LogP contribution in [0.1, 0.15) is 22.0 Å². The number of hydrogen-bond donors (Lipinski definition) is 1. The van der Waals surface area contributed by atoms with Gasteiger partial charge in [-0.1, -0.05) is 23.7 Å². The van der Waals surface area contributed by atoms with Crippen LogP contribution in [0.2, 0.25) is 5.02 Å². The molecule has 0 aliphatic carbocycles. The van der Waals surface area contributed by atoms with Gasteiger partial charge in [0.15, 0.2) is 0 Å². The van der Waals surface area contributed by atoms with E-state index in [1.807, 2.05) is 17.5 Å². The standard InChI is InChI=1S/C16H16ClF3N2S.2ClH/c17-13-4-3-11(10-12(13)16(18,19)20)15(14-2-1-9-23-14)22-7-5-21-6-8-22;;/h1-4,9-10,15,21H,5-8H2;2*1H/t15-;;/m0../s1. The molecular formula is C16H18Cl3F3N2S. The number of nitrogens with one attached hydrogen (secondary N) is 1. The van der Waals surface area contributed by atoms with Crippen LogP contribution < -0.4 is 5.32 Å². The fourth-order valence-electron chi connectivity index (χ4n) is 2.87. The Morgan fingerprint density at radius 2 is 1.80 bits per heavy atom. The van der Waals surface area contributed by atoms with Gasteiger partial charge in [-0.05, 0) is 29.1 Å². The second kappa shape index (κ2) is 9.44. The van der Waals surface area contributed by atoms with Crippen molar-refractivity contribution in [2.75, 3.05) is 26.2 Å². The molecule has 1 aromatic heterocycles. The summed E-state index contributed by atoms with van der Waals surface area (Å²) in [5.74, 6) is 0. The van der Waals surface area contributed by atoms with Gasteiger partial charge in [-0.15, -0.1) is 36.2 Å². The van der Waals surface area contributed by atoms with Crippen molar-refractivity contribution < 1.29 is 13.2 Å². The summed E-state index contributed by atoms with van der Waals surface area (Å²) >= 11 is 7.32. The fraction of sp³-hybridized carbons (Fsp3) is 0.375. The van der Waals surface area contributed by atoms with Gasteiger partial charge in [0.25, 0.3) is 0 Å². The number of piperazine rings is 1. The lowest BCUT2D eigenvalue weighted by molar-refractivity contribution is -0.137. The molecule has 1 saturated heterocycles. The molecule has 0 radical (unpaired) electrons. The van der Waals surface area contributed by atoms with Gasteiger partial charge in [0.05, 0.1) is 16.6 Å². The number of thiophene rings is 1. The molecule has 2 aromatic rings. The van der Waals surface area contributed by atoms with Crippen molar-refractivity contribution in [3.63, 3.8) is 0 Å². The molecule has 1 N–H and O–H groups in total. The Balaban J connectivity index is 0.00000156. The fourth-order valence-corrected chi connectivity index (χ4v) is 3.98. The van der Waals surface area contributed by atoms with Crippen molar-refractivity contribution in [2.45, 2.75) is 12.2 Å². The van der Waals surface area contributed by atoms with Crippen molar-refractivity contribution in [3.05, 3.63) is 56.7 Å². The summed E-state index contributed by atoms with van der Waals surface area (Å²) in [6.45, 7) is 3.27. The number of benzene rings is 1. The zero-order chi connectivity index (χ0) is 16.4. The molecular weight excluding hydrogens is 416 g/mol. The summed E-state index contributed by atoms with van der Waals surface area (Å²) in [5.41, 5.74) is -0.139. The summed E-state index contributed by atoms with van der Waals surface area (Å²) in [6, 6.07) is 7.96. The maximum atomic E-state index is 13.2. The van der Waals surface area contributed by atoms with Crippen LogP contribution in [0.4, 0.5) is 13.2 Å². The van der Waals surface area contributed by atoms with Crippen LogP contribution in [0.5, 0.6) is 0 Å². The number of nitrogens with zero attached hydrogens (tertiary/aromatic N) is 1. The molecule has 3 rings (SSSR count). The van der Waals surface area contributed by atoms with E-state index in [1.54, 1.807) is 17.4 Å². The average Bonchev–Trinajstić information content (AvgIpc) is 3.03. The quantitative estimate of drug-likeness (QED) is 0.710. The lowest BCUT2D eigenvalue weighted by Crippen LogP contribution is -2.45. The van der Waals surface area contributed by atoms with E-state index >= 15 is 0 Å². The van der Waals surface area contributed by atoms with Crippen LogP contribution in [0.3, 0.4) is 0 Å². The first-order chi connectivity index (χ1) is 11.0. The van der Waals surface area contributed by atoms with Crippen LogP contribution in [-0.4, -0.2) is 31.1 Å². The van der Waals surface area contributed by atoms with Crippen LogP contribution in [0.25, 0.3) is 0 Å². The zero-order valence-corrected chi connectivity index (χ0v) is 16.3. The molecule has 25 heavy (non-hydrogen) atoms. The SMILES string of the molecule is Cl.Cl.FC(F)(F)c1cc([C@@H](c2cccs2)N2CCNCC2)ccc1Cl. The Kier molecular flexibility index (Phi) is 8.51. The molecule has 2 heterocycles. The van der Waals surface area contributed by atoms with Crippen molar-refractivity contribution in [2.24, 2.45) is 0 Å². The molecule has 140 valence electrons. The Bertz CT molecular complexity index is 659. The maximum absolute atomic E-state index is 13.2. The third-order valence-electron chi connectivity index (χ3n) is 3.94. The number of alkyl halides is 3. The monoisotopic (exact) mass is 432 g/mol. The highest BCUT2D eigenvalue weighted by Gasteiger charge is 2.35.